The maximum atomic E-state index is 11.8. The van der Waals surface area contributed by atoms with Gasteiger partial charge in [-0.25, -0.2) is 4.98 Å². The Labute approximate surface area is 114 Å². The van der Waals surface area contributed by atoms with Gasteiger partial charge in [0, 0.05) is 13.1 Å². The number of aromatic amines is 1. The van der Waals surface area contributed by atoms with E-state index in [9.17, 15) is 4.79 Å². The Hall–Kier alpha value is -1.89. The van der Waals surface area contributed by atoms with Crippen LogP contribution in [0.2, 0.25) is 5.28 Å². The van der Waals surface area contributed by atoms with Crippen molar-refractivity contribution in [3.63, 3.8) is 0 Å². The largest absolute Gasteiger partial charge is 0.352 e. The second kappa shape index (κ2) is 4.65. The summed E-state index contributed by atoms with van der Waals surface area (Å²) in [5.74, 6) is 0.547. The fourth-order valence-corrected chi connectivity index (χ4v) is 2.02. The fraction of sp³-hybridized carbons (Fsp3) is 0.455. The number of hydrogen-bond acceptors (Lipinski definition) is 5. The number of nitrogens with one attached hydrogen (secondary N) is 2. The summed E-state index contributed by atoms with van der Waals surface area (Å²) in [7, 11) is 1.78. The topological polar surface area (TPSA) is 86.8 Å². The molecule has 2 aromatic heterocycles. The minimum absolute atomic E-state index is 0.0209. The molecule has 0 spiro atoms. The van der Waals surface area contributed by atoms with Crippen molar-refractivity contribution in [1.82, 2.24) is 25.3 Å². The number of carbonyl (C=O) groups is 1. The Balaban J connectivity index is 1.81. The quantitative estimate of drug-likeness (QED) is 0.806. The third kappa shape index (κ3) is 2.60. The number of anilines is 1. The zero-order chi connectivity index (χ0) is 13.4. The van der Waals surface area contributed by atoms with Crippen LogP contribution in [0.15, 0.2) is 6.33 Å². The normalized spacial score (nSPS) is 14.6. The standard InChI is InChI=1S/C11H13ClN6O/c1-18(4-7(19)15-6-2-3-6)10-8-9(14-5-13-8)16-11(12)17-10/h5-6H,2-4H2,1H3,(H,15,19)(H,13,14,16,17). The first kappa shape index (κ1) is 12.2. The molecular formula is C11H13ClN6O. The molecule has 100 valence electrons. The molecule has 0 unspecified atom stereocenters. The molecule has 2 aromatic rings. The van der Waals surface area contributed by atoms with Crippen LogP contribution in [0.25, 0.3) is 11.2 Å². The van der Waals surface area contributed by atoms with Crippen LogP contribution >= 0.6 is 11.6 Å². The summed E-state index contributed by atoms with van der Waals surface area (Å²) in [6.45, 7) is 0.220. The Morgan fingerprint density at radius 2 is 2.37 bits per heavy atom. The molecule has 0 saturated heterocycles. The van der Waals surface area contributed by atoms with Crippen molar-refractivity contribution in [3.8, 4) is 0 Å². The van der Waals surface area contributed by atoms with Gasteiger partial charge in [-0.3, -0.25) is 4.79 Å². The van der Waals surface area contributed by atoms with Gasteiger partial charge in [0.05, 0.1) is 12.9 Å². The van der Waals surface area contributed by atoms with Gasteiger partial charge in [-0.2, -0.15) is 9.97 Å². The molecule has 2 N–H and O–H groups in total. The maximum absolute atomic E-state index is 11.8. The van der Waals surface area contributed by atoms with Crippen LogP contribution < -0.4 is 10.2 Å². The van der Waals surface area contributed by atoms with E-state index in [0.29, 0.717) is 23.0 Å². The van der Waals surface area contributed by atoms with Crippen molar-refractivity contribution in [2.45, 2.75) is 18.9 Å². The Kier molecular flexibility index (Phi) is 2.98. The van der Waals surface area contributed by atoms with E-state index < -0.39 is 0 Å². The number of amides is 1. The van der Waals surface area contributed by atoms with Crippen molar-refractivity contribution in [3.05, 3.63) is 11.6 Å². The van der Waals surface area contributed by atoms with Gasteiger partial charge in [0.2, 0.25) is 11.2 Å². The molecule has 0 bridgehead atoms. The number of halogens is 1. The average Bonchev–Trinajstić information content (AvgIpc) is 3.03. The second-order valence-corrected chi connectivity index (χ2v) is 4.95. The van der Waals surface area contributed by atoms with Gasteiger partial charge in [0.1, 0.15) is 5.52 Å². The molecule has 1 saturated carbocycles. The first-order valence-corrected chi connectivity index (χ1v) is 6.38. The van der Waals surface area contributed by atoms with Crippen LogP contribution in [-0.4, -0.2) is 45.5 Å². The van der Waals surface area contributed by atoms with Crippen LogP contribution in [0.5, 0.6) is 0 Å². The van der Waals surface area contributed by atoms with E-state index in [1.54, 1.807) is 11.9 Å². The van der Waals surface area contributed by atoms with Crippen molar-refractivity contribution < 1.29 is 4.79 Å². The van der Waals surface area contributed by atoms with E-state index in [1.165, 1.54) is 6.33 Å². The number of hydrogen-bond donors (Lipinski definition) is 2. The van der Waals surface area contributed by atoms with E-state index in [2.05, 4.69) is 25.3 Å². The van der Waals surface area contributed by atoms with E-state index in [0.717, 1.165) is 12.8 Å². The number of H-pyrrole nitrogens is 1. The number of fused-ring (bicyclic) bond motifs is 1. The molecule has 1 fully saturated rings. The molecule has 0 atom stereocenters. The highest BCUT2D eigenvalue weighted by molar-refractivity contribution is 6.28. The number of rotatable bonds is 4. The van der Waals surface area contributed by atoms with Crippen molar-refractivity contribution in [2.24, 2.45) is 0 Å². The molecule has 3 rings (SSSR count). The van der Waals surface area contributed by atoms with Crippen LogP contribution in [0.1, 0.15) is 12.8 Å². The Morgan fingerprint density at radius 3 is 3.11 bits per heavy atom. The highest BCUT2D eigenvalue weighted by atomic mass is 35.5. The zero-order valence-corrected chi connectivity index (χ0v) is 11.1. The average molecular weight is 281 g/mol. The van der Waals surface area contributed by atoms with Gasteiger partial charge in [-0.1, -0.05) is 0 Å². The monoisotopic (exact) mass is 280 g/mol. The minimum Gasteiger partial charge on any atom is -0.352 e. The highest BCUT2D eigenvalue weighted by Gasteiger charge is 2.24. The summed E-state index contributed by atoms with van der Waals surface area (Å²) < 4.78 is 0. The lowest BCUT2D eigenvalue weighted by Crippen LogP contribution is -2.36. The lowest BCUT2D eigenvalue weighted by molar-refractivity contribution is -0.119. The van der Waals surface area contributed by atoms with Gasteiger partial charge < -0.3 is 15.2 Å². The van der Waals surface area contributed by atoms with Gasteiger partial charge in [-0.15, -0.1) is 0 Å². The smallest absolute Gasteiger partial charge is 0.239 e. The second-order valence-electron chi connectivity index (χ2n) is 4.62. The number of likely N-dealkylation sites (N-methyl/N-ethyl adjacent to an activating group) is 1. The molecule has 19 heavy (non-hydrogen) atoms. The van der Waals surface area contributed by atoms with E-state index in [-0.39, 0.29) is 17.7 Å². The van der Waals surface area contributed by atoms with E-state index in [4.69, 9.17) is 11.6 Å². The van der Waals surface area contributed by atoms with Crippen molar-refractivity contribution in [1.29, 1.82) is 0 Å². The fourth-order valence-electron chi connectivity index (χ4n) is 1.86. The van der Waals surface area contributed by atoms with Crippen LogP contribution in [0.3, 0.4) is 0 Å². The van der Waals surface area contributed by atoms with Crippen LogP contribution in [-0.2, 0) is 4.79 Å². The summed E-state index contributed by atoms with van der Waals surface area (Å²) in [4.78, 5) is 28.7. The number of imidazole rings is 1. The molecule has 0 aromatic carbocycles. The summed E-state index contributed by atoms with van der Waals surface area (Å²) in [5.41, 5.74) is 1.16. The van der Waals surface area contributed by atoms with Crippen molar-refractivity contribution >= 4 is 34.5 Å². The SMILES string of the molecule is CN(CC(=O)NC1CC1)c1nc(Cl)nc2nc[nH]c12. The molecule has 8 heteroatoms. The molecule has 0 radical (unpaired) electrons. The third-order valence-corrected chi connectivity index (χ3v) is 3.09. The summed E-state index contributed by atoms with van der Waals surface area (Å²) in [5, 5.41) is 3.04. The summed E-state index contributed by atoms with van der Waals surface area (Å²) in [6, 6.07) is 0.349. The molecule has 1 amide bonds. The summed E-state index contributed by atoms with van der Waals surface area (Å²) in [6.07, 6.45) is 3.66. The van der Waals surface area contributed by atoms with Gasteiger partial charge in [0.25, 0.3) is 0 Å². The number of aromatic nitrogens is 4. The molecule has 0 aliphatic heterocycles. The Bertz CT molecular complexity index is 623. The molecular weight excluding hydrogens is 268 g/mol. The van der Waals surface area contributed by atoms with Gasteiger partial charge in [0.15, 0.2) is 11.5 Å². The zero-order valence-electron chi connectivity index (χ0n) is 10.4. The van der Waals surface area contributed by atoms with Gasteiger partial charge in [-0.05, 0) is 24.4 Å². The van der Waals surface area contributed by atoms with E-state index in [1.807, 2.05) is 0 Å². The first-order valence-electron chi connectivity index (χ1n) is 6.00. The van der Waals surface area contributed by atoms with Crippen LogP contribution in [0.4, 0.5) is 5.82 Å². The number of nitrogens with zero attached hydrogens (tertiary/aromatic N) is 4. The lowest BCUT2D eigenvalue weighted by Gasteiger charge is -2.18. The highest BCUT2D eigenvalue weighted by Crippen LogP contribution is 2.22. The predicted molar refractivity (Wildman–Crippen MR) is 71.1 cm³/mol. The third-order valence-electron chi connectivity index (χ3n) is 2.92. The number of carbonyl (C=O) groups excluding carboxylic acids is 1. The minimum atomic E-state index is -0.0209. The lowest BCUT2D eigenvalue weighted by atomic mass is 10.4. The van der Waals surface area contributed by atoms with Crippen molar-refractivity contribution in [2.75, 3.05) is 18.5 Å². The predicted octanol–water partition coefficient (Wildman–Crippen LogP) is 0.721. The molecule has 1 aliphatic carbocycles. The van der Waals surface area contributed by atoms with E-state index >= 15 is 0 Å². The first-order chi connectivity index (χ1) is 9.13. The molecule has 7 nitrogen and oxygen atoms in total. The van der Waals surface area contributed by atoms with Gasteiger partial charge >= 0.3 is 0 Å². The Morgan fingerprint density at radius 1 is 1.58 bits per heavy atom. The molecule has 1 aliphatic rings. The summed E-state index contributed by atoms with van der Waals surface area (Å²) >= 11 is 5.85. The maximum Gasteiger partial charge on any atom is 0.239 e. The molecule has 2 heterocycles. The van der Waals surface area contributed by atoms with Crippen LogP contribution in [0, 0.1) is 0 Å².